The predicted octanol–water partition coefficient (Wildman–Crippen LogP) is 4.42. The number of hydrogen-bond donors (Lipinski definition) is 2. The molecule has 0 spiro atoms. The molecule has 1 amide bonds. The average molecular weight is 452 g/mol. The number of rotatable bonds is 7. The molecule has 1 heterocycles. The molecule has 1 aromatic heterocycles. The zero-order valence-corrected chi connectivity index (χ0v) is 19.7. The van der Waals surface area contributed by atoms with Crippen molar-refractivity contribution in [2.45, 2.75) is 40.7 Å². The van der Waals surface area contributed by atoms with Gasteiger partial charge in [0, 0.05) is 36.1 Å². The van der Waals surface area contributed by atoms with E-state index in [0.717, 1.165) is 23.5 Å². The van der Waals surface area contributed by atoms with Crippen molar-refractivity contribution < 1.29 is 13.9 Å². The lowest BCUT2D eigenvalue weighted by Gasteiger charge is -2.13. The van der Waals surface area contributed by atoms with E-state index in [1.54, 1.807) is 32.2 Å². The average Bonchev–Trinajstić information content (AvgIpc) is 3.08. The Hall–Kier alpha value is -3.68. The molecule has 0 radical (unpaired) electrons. The van der Waals surface area contributed by atoms with E-state index in [9.17, 15) is 9.18 Å². The topological polar surface area (TPSA) is 80.5 Å². The molecule has 2 N–H and O–H groups in total. The maximum Gasteiger partial charge on any atom is 0.258 e. The molecule has 0 fully saturated rings. The lowest BCUT2D eigenvalue weighted by Crippen LogP contribution is -2.36. The van der Waals surface area contributed by atoms with E-state index in [1.165, 1.54) is 6.07 Å². The van der Waals surface area contributed by atoms with Crippen LogP contribution in [0.4, 0.5) is 10.1 Å². The number of amides is 1. The number of carbonyl (C=O) groups excluding carboxylic acids is 1. The molecule has 8 heteroatoms. The van der Waals surface area contributed by atoms with Crippen LogP contribution in [0.1, 0.15) is 39.8 Å². The fraction of sp³-hybridized carbons (Fsp3) is 0.320. The minimum absolute atomic E-state index is 0.217. The van der Waals surface area contributed by atoms with E-state index in [-0.39, 0.29) is 11.5 Å². The van der Waals surface area contributed by atoms with Crippen LogP contribution < -0.4 is 15.4 Å². The monoisotopic (exact) mass is 451 g/mol. The molecule has 7 nitrogen and oxygen atoms in total. The number of aryl methyl sites for hydroxylation is 3. The number of anilines is 1. The van der Waals surface area contributed by atoms with Crippen LogP contribution in [0.5, 0.6) is 5.75 Å². The summed E-state index contributed by atoms with van der Waals surface area (Å²) in [6, 6.07) is 11.7. The first-order valence-electron chi connectivity index (χ1n) is 10.9. The van der Waals surface area contributed by atoms with Crippen LogP contribution in [-0.4, -0.2) is 35.3 Å². The maximum atomic E-state index is 14.0. The second kappa shape index (κ2) is 10.8. The Morgan fingerprint density at radius 1 is 1.18 bits per heavy atom. The van der Waals surface area contributed by atoms with E-state index in [4.69, 9.17) is 4.74 Å². The predicted molar refractivity (Wildman–Crippen MR) is 129 cm³/mol. The zero-order chi connectivity index (χ0) is 24.0. The summed E-state index contributed by atoms with van der Waals surface area (Å²) in [5, 5.41) is 10.5. The largest absolute Gasteiger partial charge is 0.497 e. The van der Waals surface area contributed by atoms with Gasteiger partial charge in [-0.3, -0.25) is 19.8 Å². The summed E-state index contributed by atoms with van der Waals surface area (Å²) >= 11 is 0. The van der Waals surface area contributed by atoms with Crippen molar-refractivity contribution in [1.29, 1.82) is 0 Å². The molecule has 0 aliphatic rings. The van der Waals surface area contributed by atoms with Crippen molar-refractivity contribution in [3.05, 3.63) is 76.4 Å². The number of ether oxygens (including phenoxy) is 1. The van der Waals surface area contributed by atoms with E-state index in [1.807, 2.05) is 36.7 Å². The molecule has 3 rings (SSSR count). The van der Waals surface area contributed by atoms with Gasteiger partial charge >= 0.3 is 0 Å². The van der Waals surface area contributed by atoms with Crippen LogP contribution in [0.2, 0.25) is 0 Å². The van der Waals surface area contributed by atoms with Crippen LogP contribution in [-0.2, 0) is 13.0 Å². The Morgan fingerprint density at radius 2 is 1.97 bits per heavy atom. The minimum atomic E-state index is -0.450. The van der Waals surface area contributed by atoms with Gasteiger partial charge in [0.25, 0.3) is 5.91 Å². The van der Waals surface area contributed by atoms with Gasteiger partial charge < -0.3 is 10.1 Å². The Morgan fingerprint density at radius 3 is 2.64 bits per heavy atom. The quantitative estimate of drug-likeness (QED) is 0.412. The first kappa shape index (κ1) is 24.0. The highest BCUT2D eigenvalue weighted by Crippen LogP contribution is 2.17. The molecule has 3 aromatic rings. The van der Waals surface area contributed by atoms with Crippen molar-refractivity contribution in [2.75, 3.05) is 19.0 Å². The highest BCUT2D eigenvalue weighted by atomic mass is 19.1. The van der Waals surface area contributed by atoms with Gasteiger partial charge in [-0.1, -0.05) is 12.1 Å². The lowest BCUT2D eigenvalue weighted by atomic mass is 10.1. The van der Waals surface area contributed by atoms with Gasteiger partial charge in [-0.2, -0.15) is 5.10 Å². The number of nitrogens with zero attached hydrogens (tertiary/aromatic N) is 3. The fourth-order valence-corrected chi connectivity index (χ4v) is 3.54. The van der Waals surface area contributed by atoms with E-state index in [2.05, 4.69) is 27.6 Å². The summed E-state index contributed by atoms with van der Waals surface area (Å²) < 4.78 is 21.2. The van der Waals surface area contributed by atoms with Gasteiger partial charge in [0.05, 0.1) is 12.8 Å². The standard InChI is InChI=1S/C25H30FN5O2/c1-6-31-18(4)22(17(3)30-31)12-13-27-25(28-20-8-7-9-21(15-20)33-5)29-24(32)19-11-10-16(2)23(26)14-19/h7-11,14-15H,6,12-13H2,1-5H3,(H2,27,28,29,32). The molecule has 0 unspecified atom stereocenters. The summed E-state index contributed by atoms with van der Waals surface area (Å²) in [4.78, 5) is 17.4. The fourth-order valence-electron chi connectivity index (χ4n) is 3.54. The van der Waals surface area contributed by atoms with Gasteiger partial charge in [0.1, 0.15) is 11.6 Å². The molecule has 0 aliphatic carbocycles. The molecule has 174 valence electrons. The number of benzene rings is 2. The number of hydrogen-bond acceptors (Lipinski definition) is 4. The molecule has 33 heavy (non-hydrogen) atoms. The lowest BCUT2D eigenvalue weighted by molar-refractivity contribution is 0.0976. The molecular weight excluding hydrogens is 421 g/mol. The minimum Gasteiger partial charge on any atom is -0.497 e. The smallest absolute Gasteiger partial charge is 0.258 e. The van der Waals surface area contributed by atoms with Gasteiger partial charge in [-0.05, 0) is 69.5 Å². The summed E-state index contributed by atoms with van der Waals surface area (Å²) in [7, 11) is 1.59. The highest BCUT2D eigenvalue weighted by Gasteiger charge is 2.13. The maximum absolute atomic E-state index is 14.0. The Kier molecular flexibility index (Phi) is 7.82. The van der Waals surface area contributed by atoms with Gasteiger partial charge in [0.2, 0.25) is 5.96 Å². The Balaban J connectivity index is 1.81. The Bertz CT molecular complexity index is 1170. The van der Waals surface area contributed by atoms with E-state index in [0.29, 0.717) is 30.0 Å². The number of halogens is 1. The molecule has 0 saturated heterocycles. The molecule has 0 aliphatic heterocycles. The van der Waals surface area contributed by atoms with Crippen molar-refractivity contribution in [3.8, 4) is 5.75 Å². The van der Waals surface area contributed by atoms with Crippen molar-refractivity contribution in [3.63, 3.8) is 0 Å². The van der Waals surface area contributed by atoms with Gasteiger partial charge in [0.15, 0.2) is 0 Å². The number of methoxy groups -OCH3 is 1. The number of nitrogens with one attached hydrogen (secondary N) is 2. The third-order valence-electron chi connectivity index (χ3n) is 5.46. The summed E-state index contributed by atoms with van der Waals surface area (Å²) in [6.45, 7) is 8.99. The number of aromatic nitrogens is 2. The van der Waals surface area contributed by atoms with E-state index < -0.39 is 11.7 Å². The van der Waals surface area contributed by atoms with Crippen LogP contribution in [0.3, 0.4) is 0 Å². The first-order chi connectivity index (χ1) is 15.8. The van der Waals surface area contributed by atoms with Gasteiger partial charge in [-0.25, -0.2) is 4.39 Å². The molecule has 0 atom stereocenters. The van der Waals surface area contributed by atoms with Crippen LogP contribution in [0.25, 0.3) is 0 Å². The third-order valence-corrected chi connectivity index (χ3v) is 5.46. The van der Waals surface area contributed by atoms with Crippen LogP contribution in [0, 0.1) is 26.6 Å². The molecule has 0 bridgehead atoms. The summed E-state index contributed by atoms with van der Waals surface area (Å²) in [6.07, 6.45) is 0.677. The van der Waals surface area contributed by atoms with Crippen molar-refractivity contribution in [1.82, 2.24) is 15.1 Å². The number of carbonyl (C=O) groups is 1. The zero-order valence-electron chi connectivity index (χ0n) is 19.7. The SMILES string of the molecule is CCn1nc(C)c(CCN=C(NC(=O)c2ccc(C)c(F)c2)Nc2cccc(OC)c2)c1C. The summed E-state index contributed by atoms with van der Waals surface area (Å²) in [5.41, 5.74) is 4.64. The first-order valence-corrected chi connectivity index (χ1v) is 10.9. The molecule has 2 aromatic carbocycles. The van der Waals surface area contributed by atoms with Crippen LogP contribution in [0.15, 0.2) is 47.5 Å². The third kappa shape index (κ3) is 5.97. The second-order valence-corrected chi connectivity index (χ2v) is 7.72. The second-order valence-electron chi connectivity index (χ2n) is 7.72. The number of guanidine groups is 1. The van der Waals surface area contributed by atoms with Gasteiger partial charge in [-0.15, -0.1) is 0 Å². The molecular formula is C25H30FN5O2. The molecule has 0 saturated carbocycles. The van der Waals surface area contributed by atoms with Crippen LogP contribution >= 0.6 is 0 Å². The Labute approximate surface area is 193 Å². The van der Waals surface area contributed by atoms with Crippen molar-refractivity contribution in [2.24, 2.45) is 4.99 Å². The number of aliphatic imine (C=N–C) groups is 1. The van der Waals surface area contributed by atoms with E-state index >= 15 is 0 Å². The van der Waals surface area contributed by atoms with Crippen molar-refractivity contribution >= 4 is 17.6 Å². The normalized spacial score (nSPS) is 11.4. The highest BCUT2D eigenvalue weighted by molar-refractivity contribution is 6.10. The summed E-state index contributed by atoms with van der Waals surface area (Å²) in [5.74, 6) is 0.0620.